The molecule has 5 amide bonds. The molecule has 0 bridgehead atoms. The van der Waals surface area contributed by atoms with Crippen molar-refractivity contribution in [3.63, 3.8) is 0 Å². The highest BCUT2D eigenvalue weighted by Gasteiger charge is 2.37. The third-order valence-corrected chi connectivity index (χ3v) is 8.20. The van der Waals surface area contributed by atoms with Crippen LogP contribution in [0.2, 0.25) is 0 Å². The van der Waals surface area contributed by atoms with E-state index in [1.165, 1.54) is 39.0 Å². The zero-order chi connectivity index (χ0) is 34.4. The molecule has 48 heavy (non-hydrogen) atoms. The van der Waals surface area contributed by atoms with Crippen LogP contribution in [0, 0.1) is 5.82 Å². The van der Waals surface area contributed by atoms with Crippen LogP contribution in [0.4, 0.5) is 9.18 Å². The van der Waals surface area contributed by atoms with Crippen molar-refractivity contribution in [3.05, 3.63) is 41.8 Å². The van der Waals surface area contributed by atoms with Gasteiger partial charge in [0.15, 0.2) is 12.3 Å². The summed E-state index contributed by atoms with van der Waals surface area (Å²) in [5.74, 6) is -4.29. The van der Waals surface area contributed by atoms with Crippen molar-refractivity contribution in [1.82, 2.24) is 35.1 Å². The van der Waals surface area contributed by atoms with E-state index in [4.69, 9.17) is 9.47 Å². The molecule has 16 nitrogen and oxygen atoms in total. The molecule has 258 valence electrons. The lowest BCUT2D eigenvalue weighted by Gasteiger charge is -2.35. The number of likely N-dealkylation sites (tertiary alicyclic amines) is 1. The molecule has 0 spiro atoms. The summed E-state index contributed by atoms with van der Waals surface area (Å²) in [7, 11) is 0. The van der Waals surface area contributed by atoms with E-state index in [1.807, 2.05) is 0 Å². The van der Waals surface area contributed by atoms with Gasteiger partial charge in [-0.2, -0.15) is 5.10 Å². The fourth-order valence-electron chi connectivity index (χ4n) is 5.60. The summed E-state index contributed by atoms with van der Waals surface area (Å²) in [4.78, 5) is 80.5. The Labute approximate surface area is 275 Å². The molecule has 2 aromatic rings. The number of hydrogen-bond acceptors (Lipinski definition) is 9. The largest absolute Gasteiger partial charge is 0.481 e. The first kappa shape index (κ1) is 34.1. The fourth-order valence-corrected chi connectivity index (χ4v) is 5.60. The second-order valence-electron chi connectivity index (χ2n) is 11.7. The smallest absolute Gasteiger partial charge is 0.409 e. The molecule has 3 heterocycles. The monoisotopic (exact) mass is 671 g/mol. The van der Waals surface area contributed by atoms with Crippen LogP contribution >= 0.6 is 0 Å². The Kier molecular flexibility index (Phi) is 10.8. The number of benzene rings is 1. The maximum absolute atomic E-state index is 14.2. The minimum Gasteiger partial charge on any atom is -0.481 e. The first-order valence-electron chi connectivity index (χ1n) is 15.9. The highest BCUT2D eigenvalue weighted by atomic mass is 19.1. The summed E-state index contributed by atoms with van der Waals surface area (Å²) < 4.78 is 26.0. The quantitative estimate of drug-likeness (QED) is 0.287. The number of carbonyl (C=O) groups excluding carboxylic acids is 5. The van der Waals surface area contributed by atoms with Gasteiger partial charge in [-0.15, -0.1) is 0 Å². The number of nitrogens with zero attached hydrogens (tertiary/aromatic N) is 5. The zero-order valence-electron chi connectivity index (χ0n) is 26.4. The van der Waals surface area contributed by atoms with Crippen LogP contribution in [0.25, 0.3) is 5.69 Å². The average molecular weight is 672 g/mol. The van der Waals surface area contributed by atoms with E-state index in [9.17, 15) is 38.3 Å². The molecule has 5 rings (SSSR count). The molecule has 1 aromatic heterocycles. The number of aliphatic carboxylic acids is 1. The maximum Gasteiger partial charge on any atom is 0.409 e. The minimum atomic E-state index is -1.47. The van der Waals surface area contributed by atoms with Gasteiger partial charge < -0.3 is 39.9 Å². The normalized spacial score (nSPS) is 18.2. The van der Waals surface area contributed by atoms with Gasteiger partial charge in [-0.3, -0.25) is 24.0 Å². The van der Waals surface area contributed by atoms with E-state index < -0.39 is 60.7 Å². The Bertz CT molecular complexity index is 1550. The predicted molar refractivity (Wildman–Crippen MR) is 164 cm³/mol. The SMILES string of the molecule is CCOC(=O)N1CCN(C(=O)[C@H](CC(=O)O)NC(=O)c2cc(OCC(=O)N3CCC[C@H]3C(=O)NC3CC3)n(-c3cccc(F)c3)n2)CC1. The number of carboxylic acid groups (broad SMARTS) is 1. The van der Waals surface area contributed by atoms with Crippen molar-refractivity contribution in [3.8, 4) is 11.6 Å². The summed E-state index contributed by atoms with van der Waals surface area (Å²) in [5, 5.41) is 19.1. The Balaban J connectivity index is 1.29. The Morgan fingerprint density at radius 1 is 1.02 bits per heavy atom. The van der Waals surface area contributed by atoms with Crippen molar-refractivity contribution in [2.75, 3.05) is 45.9 Å². The number of amides is 5. The molecule has 3 N–H and O–H groups in total. The molecule has 2 aliphatic heterocycles. The zero-order valence-corrected chi connectivity index (χ0v) is 26.4. The topological polar surface area (TPSA) is 193 Å². The number of aromatic nitrogens is 2. The number of ether oxygens (including phenoxy) is 2. The summed E-state index contributed by atoms with van der Waals surface area (Å²) in [6.07, 6.45) is 1.75. The molecule has 2 saturated heterocycles. The molecule has 1 aliphatic carbocycles. The van der Waals surface area contributed by atoms with Gasteiger partial charge in [0.1, 0.15) is 17.9 Å². The van der Waals surface area contributed by atoms with Crippen molar-refractivity contribution in [1.29, 1.82) is 0 Å². The summed E-state index contributed by atoms with van der Waals surface area (Å²) in [6, 6.07) is 4.50. The summed E-state index contributed by atoms with van der Waals surface area (Å²) in [6.45, 7) is 2.27. The highest BCUT2D eigenvalue weighted by Crippen LogP contribution is 2.24. The second-order valence-corrected chi connectivity index (χ2v) is 11.7. The number of carboxylic acids is 1. The minimum absolute atomic E-state index is 0.101. The van der Waals surface area contributed by atoms with E-state index >= 15 is 0 Å². The fraction of sp³-hybridized carbons (Fsp3) is 0.516. The number of nitrogens with one attached hydrogen (secondary N) is 2. The van der Waals surface area contributed by atoms with Gasteiger partial charge in [-0.25, -0.2) is 13.9 Å². The van der Waals surface area contributed by atoms with Gasteiger partial charge in [-0.1, -0.05) is 6.07 Å². The predicted octanol–water partition coefficient (Wildman–Crippen LogP) is 0.534. The van der Waals surface area contributed by atoms with E-state index in [0.717, 1.165) is 23.6 Å². The van der Waals surface area contributed by atoms with Crippen LogP contribution in [0.1, 0.15) is 49.5 Å². The van der Waals surface area contributed by atoms with Gasteiger partial charge >= 0.3 is 12.1 Å². The van der Waals surface area contributed by atoms with Crippen LogP contribution in [0.15, 0.2) is 30.3 Å². The summed E-state index contributed by atoms with van der Waals surface area (Å²) in [5.41, 5.74) is -0.128. The third-order valence-electron chi connectivity index (χ3n) is 8.20. The average Bonchev–Trinajstić information content (AvgIpc) is 3.55. The molecular formula is C31H38FN7O9. The highest BCUT2D eigenvalue weighted by molar-refractivity contribution is 5.97. The molecule has 2 atom stereocenters. The van der Waals surface area contributed by atoms with E-state index in [2.05, 4.69) is 15.7 Å². The first-order chi connectivity index (χ1) is 23.0. The lowest BCUT2D eigenvalue weighted by atomic mass is 10.1. The number of carbonyl (C=O) groups is 6. The summed E-state index contributed by atoms with van der Waals surface area (Å²) >= 11 is 0. The van der Waals surface area contributed by atoms with Crippen LogP contribution in [0.5, 0.6) is 5.88 Å². The molecule has 17 heteroatoms. The van der Waals surface area contributed by atoms with E-state index in [0.29, 0.717) is 19.4 Å². The molecule has 3 aliphatic rings. The van der Waals surface area contributed by atoms with Gasteiger partial charge in [0.25, 0.3) is 11.8 Å². The van der Waals surface area contributed by atoms with Crippen LogP contribution < -0.4 is 15.4 Å². The molecular weight excluding hydrogens is 633 g/mol. The maximum atomic E-state index is 14.2. The van der Waals surface area contributed by atoms with Gasteiger partial charge in [0.2, 0.25) is 17.7 Å². The molecule has 1 aromatic carbocycles. The van der Waals surface area contributed by atoms with E-state index in [-0.39, 0.29) is 62.0 Å². The van der Waals surface area contributed by atoms with Gasteiger partial charge in [-0.05, 0) is 50.8 Å². The van der Waals surface area contributed by atoms with Crippen molar-refractivity contribution >= 4 is 35.7 Å². The first-order valence-corrected chi connectivity index (χ1v) is 15.9. The molecule has 1 saturated carbocycles. The van der Waals surface area contributed by atoms with Crippen LogP contribution in [-0.4, -0.2) is 129 Å². The van der Waals surface area contributed by atoms with E-state index in [1.54, 1.807) is 6.92 Å². The van der Waals surface area contributed by atoms with Crippen molar-refractivity contribution < 1.29 is 47.7 Å². The van der Waals surface area contributed by atoms with Gasteiger partial charge in [0.05, 0.1) is 18.7 Å². The standard InChI is InChI=1S/C31H38FN7O9/c1-2-47-31(46)37-13-11-36(12-14-37)30(45)23(17-27(41)42)34-28(43)22-16-26(39(35-22)21-6-3-5-19(32)15-21)48-18-25(40)38-10-4-7-24(38)29(44)33-20-8-9-20/h3,5-6,15-16,20,23-24H,2,4,7-14,17-18H2,1H3,(H,33,44)(H,34,43)(H,41,42)/t23-,24-/m0/s1. The third kappa shape index (κ3) is 8.38. The van der Waals surface area contributed by atoms with Crippen molar-refractivity contribution in [2.24, 2.45) is 0 Å². The van der Waals surface area contributed by atoms with Crippen LogP contribution in [0.3, 0.4) is 0 Å². The second kappa shape index (κ2) is 15.1. The number of rotatable bonds is 12. The number of hydrogen-bond donors (Lipinski definition) is 3. The van der Waals surface area contributed by atoms with Gasteiger partial charge in [0, 0.05) is 44.8 Å². The Morgan fingerprint density at radius 2 is 1.75 bits per heavy atom. The number of piperazine rings is 1. The molecule has 0 unspecified atom stereocenters. The van der Waals surface area contributed by atoms with Crippen molar-refractivity contribution in [2.45, 2.75) is 57.2 Å². The lowest BCUT2D eigenvalue weighted by Crippen LogP contribution is -2.56. The Morgan fingerprint density at radius 3 is 2.42 bits per heavy atom. The number of halogens is 1. The van der Waals surface area contributed by atoms with Crippen LogP contribution in [-0.2, 0) is 23.9 Å². The molecule has 0 radical (unpaired) electrons. The lowest BCUT2D eigenvalue weighted by molar-refractivity contribution is -0.143. The Hall–Kier alpha value is -5.22. The molecule has 3 fully saturated rings.